The maximum atomic E-state index is 13.5. The number of allylic oxidation sites excluding steroid dienone is 1. The van der Waals surface area contributed by atoms with E-state index in [0.29, 0.717) is 83.6 Å². The highest BCUT2D eigenvalue weighted by Crippen LogP contribution is 2.41. The summed E-state index contributed by atoms with van der Waals surface area (Å²) in [5.74, 6) is -0.171. The monoisotopic (exact) mass is 918 g/mol. The molecule has 2 amide bonds. The van der Waals surface area contributed by atoms with Gasteiger partial charge in [0.2, 0.25) is 17.8 Å². The largest absolute Gasteiger partial charge is 0.384 e. The molecule has 0 spiro atoms. The number of aliphatic hydroxyl groups is 1. The van der Waals surface area contributed by atoms with Crippen LogP contribution in [0.1, 0.15) is 100 Å². The minimum Gasteiger partial charge on any atom is -0.384 e. The highest BCUT2D eigenvalue weighted by molar-refractivity contribution is 6.09. The number of likely N-dealkylation sites (tertiary alicyclic amines) is 1. The van der Waals surface area contributed by atoms with Gasteiger partial charge in [-0.3, -0.25) is 19.7 Å². The third kappa shape index (κ3) is 8.05. The predicted molar refractivity (Wildman–Crippen MR) is 260 cm³/mol. The summed E-state index contributed by atoms with van der Waals surface area (Å²) in [6.07, 6.45) is 14.9. The molecule has 2 aliphatic heterocycles. The number of aryl methyl sites for hydroxylation is 1. The number of imide groups is 1. The molecule has 68 heavy (non-hydrogen) atoms. The number of fused-ring (bicyclic) bond motifs is 5. The number of piperidine rings is 2. The van der Waals surface area contributed by atoms with Crippen LogP contribution in [-0.4, -0.2) is 94.1 Å². The van der Waals surface area contributed by atoms with Crippen molar-refractivity contribution < 1.29 is 19.2 Å². The van der Waals surface area contributed by atoms with E-state index in [-0.39, 0.29) is 23.9 Å². The topological polar surface area (TPSA) is 202 Å². The smallest absolute Gasteiger partial charge is 0.278 e. The molecule has 2 aromatic carbocycles. The number of aromatic nitrogens is 7. The van der Waals surface area contributed by atoms with Crippen molar-refractivity contribution in [2.75, 3.05) is 36.8 Å². The Hall–Kier alpha value is -6.69. The van der Waals surface area contributed by atoms with Crippen LogP contribution in [0.3, 0.4) is 0 Å². The summed E-state index contributed by atoms with van der Waals surface area (Å²) in [5, 5.41) is 31.0. The van der Waals surface area contributed by atoms with Crippen LogP contribution in [0.2, 0.25) is 0 Å². The van der Waals surface area contributed by atoms with Crippen LogP contribution in [-0.2, 0) is 28.2 Å². The maximum absolute atomic E-state index is 13.5. The molecular weight excluding hydrogens is 861 g/mol. The van der Waals surface area contributed by atoms with E-state index in [1.165, 1.54) is 12.8 Å². The Bertz CT molecular complexity index is 3100. The number of benzene rings is 2. The molecule has 1 saturated carbocycles. The lowest BCUT2D eigenvalue weighted by Crippen LogP contribution is -2.48. The van der Waals surface area contributed by atoms with Crippen molar-refractivity contribution in [3.8, 4) is 5.82 Å². The van der Waals surface area contributed by atoms with E-state index in [2.05, 4.69) is 65.8 Å². The minimum atomic E-state index is -0.993. The van der Waals surface area contributed by atoms with Gasteiger partial charge >= 0.3 is 0 Å². The zero-order valence-electron chi connectivity index (χ0n) is 38.4. The summed E-state index contributed by atoms with van der Waals surface area (Å²) < 4.78 is 11.3. The van der Waals surface area contributed by atoms with Crippen molar-refractivity contribution in [1.29, 1.82) is 0 Å². The molecule has 2 atom stereocenters. The minimum absolute atomic E-state index is 0.235. The Morgan fingerprint density at radius 3 is 2.47 bits per heavy atom. The number of hydrogen-bond donors (Lipinski definition) is 5. The molecule has 17 nitrogen and oxygen atoms in total. The molecule has 5 N–H and O–H groups in total. The number of nitrogens with one attached hydrogen (secondary N) is 4. The second kappa shape index (κ2) is 18.1. The SMILES string of the molecule is C=CCn1c(=O)c2cnc(Nc3ccc(NCCNC4CCN([C@H]5CC[C@@H](n6ccc7c8c(C9CCC(=O)NC9=O)noc8ccc76)CC5)CC4)cc3)nc2n1-c1ccc2c(n1)[C@@](O)(CC)CC2. The van der Waals surface area contributed by atoms with E-state index in [4.69, 9.17) is 14.5 Å². The number of carbonyl (C=O) groups is 2. The van der Waals surface area contributed by atoms with Gasteiger partial charge in [-0.15, -0.1) is 6.58 Å². The highest BCUT2D eigenvalue weighted by Gasteiger charge is 2.38. The molecule has 4 aliphatic rings. The number of anilines is 3. The fourth-order valence-electron chi connectivity index (χ4n) is 11.3. The summed E-state index contributed by atoms with van der Waals surface area (Å²) in [6.45, 7) is 9.97. The van der Waals surface area contributed by atoms with Gasteiger partial charge in [-0.25, -0.2) is 19.3 Å². The fraction of sp³-hybridized carbons (Fsp3) is 0.431. The fourth-order valence-corrected chi connectivity index (χ4v) is 11.3. The third-order valence-electron chi connectivity index (χ3n) is 15.1. The van der Waals surface area contributed by atoms with Crippen molar-refractivity contribution in [2.45, 2.75) is 114 Å². The average molecular weight is 919 g/mol. The first-order chi connectivity index (χ1) is 33.2. The maximum Gasteiger partial charge on any atom is 0.278 e. The Morgan fingerprint density at radius 2 is 1.69 bits per heavy atom. The van der Waals surface area contributed by atoms with E-state index in [0.717, 1.165) is 91.5 Å². The van der Waals surface area contributed by atoms with Crippen LogP contribution in [0.25, 0.3) is 38.7 Å². The van der Waals surface area contributed by atoms with Crippen LogP contribution >= 0.6 is 0 Å². The first-order valence-corrected chi connectivity index (χ1v) is 24.3. The van der Waals surface area contributed by atoms with Crippen molar-refractivity contribution >= 4 is 62.0 Å². The summed E-state index contributed by atoms with van der Waals surface area (Å²) in [4.78, 5) is 55.0. The number of carbonyl (C=O) groups excluding carboxylic acids is 2. The summed E-state index contributed by atoms with van der Waals surface area (Å²) in [6, 6.07) is 19.6. The molecule has 2 saturated heterocycles. The second-order valence-corrected chi connectivity index (χ2v) is 19.0. The summed E-state index contributed by atoms with van der Waals surface area (Å²) in [5.41, 5.74) is 5.12. The molecule has 11 rings (SSSR count). The molecule has 0 radical (unpaired) electrons. The van der Waals surface area contributed by atoms with Crippen molar-refractivity contribution in [3.63, 3.8) is 0 Å². The lowest BCUT2D eigenvalue weighted by molar-refractivity contribution is -0.134. The Morgan fingerprint density at radius 1 is 0.897 bits per heavy atom. The third-order valence-corrected chi connectivity index (χ3v) is 15.1. The van der Waals surface area contributed by atoms with E-state index >= 15 is 0 Å². The molecule has 352 valence electrons. The molecule has 17 heteroatoms. The molecular formula is C51H58N12O5. The molecule has 7 aromatic rings. The number of nitrogens with zero attached hydrogens (tertiary/aromatic N) is 8. The number of pyridine rings is 1. The van der Waals surface area contributed by atoms with Gasteiger partial charge in [0.1, 0.15) is 16.7 Å². The van der Waals surface area contributed by atoms with Gasteiger partial charge in [0.15, 0.2) is 17.0 Å². The summed E-state index contributed by atoms with van der Waals surface area (Å²) in [7, 11) is 0. The molecule has 7 heterocycles. The summed E-state index contributed by atoms with van der Waals surface area (Å²) >= 11 is 0. The van der Waals surface area contributed by atoms with Gasteiger partial charge in [-0.2, -0.15) is 4.98 Å². The van der Waals surface area contributed by atoms with Gasteiger partial charge in [-0.1, -0.05) is 24.2 Å². The van der Waals surface area contributed by atoms with Crippen LogP contribution in [0.4, 0.5) is 17.3 Å². The Balaban J connectivity index is 0.650. The molecule has 5 aromatic heterocycles. The zero-order valence-corrected chi connectivity index (χ0v) is 38.4. The molecule has 1 unspecified atom stereocenters. The lowest BCUT2D eigenvalue weighted by atomic mass is 9.88. The van der Waals surface area contributed by atoms with Gasteiger partial charge in [0.05, 0.1) is 23.5 Å². The molecule has 2 aliphatic carbocycles. The Kier molecular flexibility index (Phi) is 11.7. The first-order valence-electron chi connectivity index (χ1n) is 24.3. The lowest BCUT2D eigenvalue weighted by Gasteiger charge is -2.41. The van der Waals surface area contributed by atoms with Crippen molar-refractivity contribution in [3.05, 3.63) is 107 Å². The predicted octanol–water partition coefficient (Wildman–Crippen LogP) is 6.72. The van der Waals surface area contributed by atoms with Crippen LogP contribution in [0, 0.1) is 0 Å². The number of hydrogen-bond acceptors (Lipinski definition) is 13. The van der Waals surface area contributed by atoms with E-state index in [1.807, 2.05) is 49.4 Å². The first kappa shape index (κ1) is 43.9. The Labute approximate surface area is 393 Å². The standard InChI is InChI=1S/C51H58N12O5/c1-3-26-62-49(66)39-30-54-50(58-47(39)63(62)42-17-5-31-19-23-51(67,4-2)46(31)56-42)55-34-8-6-32(7-9-34)52-24-25-53-33-20-27-60(28-21-33)35-10-12-36(13-11-35)61-29-22-37-40(61)15-16-41-44(37)45(59-68-41)38-14-18-43(64)57-48(38)65/h3,5-9,15-17,22,29-30,33,35-36,38,52-53,67H,1,4,10-14,18-21,23-28H2,2H3,(H,54,55,58)(H,57,64,65)/t35-,36+,38?,51-/m1/s1. The molecule has 3 fully saturated rings. The van der Waals surface area contributed by atoms with Gasteiger partial charge in [0.25, 0.3) is 5.56 Å². The van der Waals surface area contributed by atoms with Gasteiger partial charge in [-0.05, 0) is 131 Å². The van der Waals surface area contributed by atoms with Crippen molar-refractivity contribution in [2.24, 2.45) is 0 Å². The van der Waals surface area contributed by atoms with Gasteiger partial charge in [0, 0.05) is 72.3 Å². The second-order valence-electron chi connectivity index (χ2n) is 19.0. The number of amides is 2. The molecule has 0 bridgehead atoms. The normalized spacial score (nSPS) is 22.5. The van der Waals surface area contributed by atoms with E-state index in [9.17, 15) is 19.5 Å². The highest BCUT2D eigenvalue weighted by atomic mass is 16.5. The van der Waals surface area contributed by atoms with E-state index in [1.54, 1.807) is 21.6 Å². The van der Waals surface area contributed by atoms with Crippen LogP contribution in [0.15, 0.2) is 89.0 Å². The average Bonchev–Trinajstić information content (AvgIpc) is 4.14. The van der Waals surface area contributed by atoms with Crippen LogP contribution in [0.5, 0.6) is 0 Å². The number of rotatable bonds is 14. The quantitative estimate of drug-likeness (QED) is 0.0438. The van der Waals surface area contributed by atoms with Gasteiger partial charge < -0.3 is 35.0 Å². The van der Waals surface area contributed by atoms with Crippen molar-refractivity contribution in [1.82, 2.24) is 49.6 Å². The van der Waals surface area contributed by atoms with Crippen LogP contribution < -0.4 is 26.8 Å². The van der Waals surface area contributed by atoms with E-state index < -0.39 is 11.5 Å². The zero-order chi connectivity index (χ0) is 46.5.